The molecule has 0 saturated carbocycles. The zero-order chi connectivity index (χ0) is 13.9. The first-order chi connectivity index (χ1) is 9.81. The molecule has 4 heteroatoms. The molecule has 20 heavy (non-hydrogen) atoms. The van der Waals surface area contributed by atoms with Crippen LogP contribution in [0.2, 0.25) is 0 Å². The predicted molar refractivity (Wildman–Crippen MR) is 85.2 cm³/mol. The molecule has 1 unspecified atom stereocenters. The van der Waals surface area contributed by atoms with E-state index < -0.39 is 0 Å². The zero-order valence-electron chi connectivity index (χ0n) is 11.8. The minimum absolute atomic E-state index is 0.334. The topological polar surface area (TPSA) is 29.9 Å². The molecule has 0 spiro atoms. The maximum absolute atomic E-state index is 4.36. The molecular weight excluding hydrogens is 266 g/mol. The van der Waals surface area contributed by atoms with Gasteiger partial charge in [0.05, 0.1) is 6.20 Å². The van der Waals surface area contributed by atoms with Crippen LogP contribution in [0.5, 0.6) is 0 Å². The Balaban J connectivity index is 1.89. The third-order valence-corrected chi connectivity index (χ3v) is 4.67. The number of nitrogens with zero attached hydrogens (tertiary/aromatic N) is 2. The van der Waals surface area contributed by atoms with E-state index in [2.05, 4.69) is 53.2 Å². The molecule has 0 saturated heterocycles. The van der Waals surface area contributed by atoms with Gasteiger partial charge in [-0.1, -0.05) is 18.2 Å². The van der Waals surface area contributed by atoms with Gasteiger partial charge in [-0.15, -0.1) is 11.3 Å². The van der Waals surface area contributed by atoms with Gasteiger partial charge in [0.2, 0.25) is 0 Å². The summed E-state index contributed by atoms with van der Waals surface area (Å²) in [5.41, 5.74) is 2.67. The molecule has 0 aliphatic heterocycles. The number of benzene rings is 1. The van der Waals surface area contributed by atoms with Gasteiger partial charge in [-0.2, -0.15) is 5.10 Å². The van der Waals surface area contributed by atoms with Gasteiger partial charge in [-0.05, 0) is 48.4 Å². The lowest BCUT2D eigenvalue weighted by molar-refractivity contribution is 0.596. The molecule has 0 aliphatic rings. The summed E-state index contributed by atoms with van der Waals surface area (Å²) in [5.74, 6) is 0. The van der Waals surface area contributed by atoms with Crippen molar-refractivity contribution in [3.05, 3.63) is 53.2 Å². The van der Waals surface area contributed by atoms with Crippen LogP contribution in [0, 0.1) is 0 Å². The highest BCUT2D eigenvalue weighted by Crippen LogP contribution is 2.31. The predicted octanol–water partition coefficient (Wildman–Crippen LogP) is 3.62. The van der Waals surface area contributed by atoms with Crippen LogP contribution in [0.4, 0.5) is 0 Å². The van der Waals surface area contributed by atoms with Crippen LogP contribution in [0.3, 0.4) is 0 Å². The molecule has 2 heterocycles. The average molecular weight is 285 g/mol. The minimum Gasteiger partial charge on any atom is -0.313 e. The van der Waals surface area contributed by atoms with Crippen LogP contribution in [0.15, 0.2) is 42.0 Å². The molecule has 0 bridgehead atoms. The molecule has 0 radical (unpaired) electrons. The number of fused-ring (bicyclic) bond motifs is 1. The normalized spacial score (nSPS) is 12.9. The summed E-state index contributed by atoms with van der Waals surface area (Å²) in [6.45, 7) is 3.03. The van der Waals surface area contributed by atoms with E-state index in [0.29, 0.717) is 6.04 Å². The Kier molecular flexibility index (Phi) is 3.85. The van der Waals surface area contributed by atoms with E-state index in [1.807, 2.05) is 29.3 Å². The number of aromatic nitrogens is 2. The zero-order valence-corrected chi connectivity index (χ0v) is 12.7. The fourth-order valence-electron chi connectivity index (χ4n) is 2.56. The Morgan fingerprint density at radius 1 is 1.35 bits per heavy atom. The van der Waals surface area contributed by atoms with Gasteiger partial charge in [0.25, 0.3) is 0 Å². The summed E-state index contributed by atoms with van der Waals surface area (Å²) >= 11 is 1.82. The fourth-order valence-corrected chi connectivity index (χ4v) is 3.57. The molecule has 1 N–H and O–H groups in total. The van der Waals surface area contributed by atoms with E-state index in [9.17, 15) is 0 Å². The number of rotatable bonds is 5. The molecule has 0 fully saturated rings. The molecule has 2 aromatic heterocycles. The third-order valence-electron chi connectivity index (χ3n) is 3.69. The van der Waals surface area contributed by atoms with Crippen molar-refractivity contribution in [3.8, 4) is 0 Å². The van der Waals surface area contributed by atoms with Gasteiger partial charge in [-0.25, -0.2) is 0 Å². The second kappa shape index (κ2) is 5.77. The Hall–Kier alpha value is -1.65. The summed E-state index contributed by atoms with van der Waals surface area (Å²) in [6.07, 6.45) is 5.08. The standard InChI is InChI=1S/C16H19N3S/c1-3-19-10-12(9-18-19)8-15(17-2)14-11-20-16-7-5-4-6-13(14)16/h4-7,9-11,15,17H,3,8H2,1-2H3. The first kappa shape index (κ1) is 13.3. The summed E-state index contributed by atoms with van der Waals surface area (Å²) in [5, 5.41) is 11.4. The molecule has 3 nitrogen and oxygen atoms in total. The lowest BCUT2D eigenvalue weighted by atomic mass is 10.0. The second-order valence-corrected chi connectivity index (χ2v) is 5.85. The van der Waals surface area contributed by atoms with Crippen molar-refractivity contribution in [2.75, 3.05) is 7.05 Å². The minimum atomic E-state index is 0.334. The first-order valence-corrected chi connectivity index (χ1v) is 7.84. The Morgan fingerprint density at radius 2 is 2.20 bits per heavy atom. The SMILES string of the molecule is CCn1cc(CC(NC)c2csc3ccccc23)cn1. The van der Waals surface area contributed by atoms with E-state index in [1.54, 1.807) is 0 Å². The maximum Gasteiger partial charge on any atom is 0.0522 e. The van der Waals surface area contributed by atoms with Crippen molar-refractivity contribution in [1.82, 2.24) is 15.1 Å². The number of likely N-dealkylation sites (N-methyl/N-ethyl adjacent to an activating group) is 1. The van der Waals surface area contributed by atoms with Gasteiger partial charge < -0.3 is 5.32 Å². The van der Waals surface area contributed by atoms with E-state index in [0.717, 1.165) is 13.0 Å². The van der Waals surface area contributed by atoms with Gasteiger partial charge in [0.15, 0.2) is 0 Å². The van der Waals surface area contributed by atoms with E-state index in [1.165, 1.54) is 21.2 Å². The lowest BCUT2D eigenvalue weighted by Crippen LogP contribution is -2.18. The van der Waals surface area contributed by atoms with Crippen molar-refractivity contribution >= 4 is 21.4 Å². The lowest BCUT2D eigenvalue weighted by Gasteiger charge is -2.14. The monoisotopic (exact) mass is 285 g/mol. The van der Waals surface area contributed by atoms with Crippen LogP contribution in [0.1, 0.15) is 24.1 Å². The molecule has 3 rings (SSSR count). The van der Waals surface area contributed by atoms with Gasteiger partial charge in [-0.3, -0.25) is 4.68 Å². The Morgan fingerprint density at radius 3 is 2.95 bits per heavy atom. The molecule has 0 aliphatic carbocycles. The van der Waals surface area contributed by atoms with E-state index in [4.69, 9.17) is 0 Å². The quantitative estimate of drug-likeness (QED) is 0.776. The number of hydrogen-bond donors (Lipinski definition) is 1. The van der Waals surface area contributed by atoms with Crippen molar-refractivity contribution in [2.45, 2.75) is 25.9 Å². The molecule has 0 amide bonds. The number of nitrogens with one attached hydrogen (secondary N) is 1. The van der Waals surface area contributed by atoms with Crippen molar-refractivity contribution in [3.63, 3.8) is 0 Å². The van der Waals surface area contributed by atoms with Gasteiger partial charge >= 0.3 is 0 Å². The Bertz CT molecular complexity index is 698. The maximum atomic E-state index is 4.36. The summed E-state index contributed by atoms with van der Waals surface area (Å²) in [7, 11) is 2.03. The van der Waals surface area contributed by atoms with E-state index in [-0.39, 0.29) is 0 Å². The molecule has 3 aromatic rings. The van der Waals surface area contributed by atoms with Crippen molar-refractivity contribution in [1.29, 1.82) is 0 Å². The largest absolute Gasteiger partial charge is 0.313 e. The summed E-state index contributed by atoms with van der Waals surface area (Å²) < 4.78 is 3.33. The molecular formula is C16H19N3S. The number of hydrogen-bond acceptors (Lipinski definition) is 3. The highest BCUT2D eigenvalue weighted by atomic mass is 32.1. The van der Waals surface area contributed by atoms with E-state index >= 15 is 0 Å². The van der Waals surface area contributed by atoms with Gasteiger partial charge in [0, 0.05) is 23.5 Å². The third kappa shape index (κ3) is 2.49. The Labute approximate surface area is 123 Å². The highest BCUT2D eigenvalue weighted by molar-refractivity contribution is 7.17. The summed E-state index contributed by atoms with van der Waals surface area (Å²) in [4.78, 5) is 0. The van der Waals surface area contributed by atoms with Crippen molar-refractivity contribution < 1.29 is 0 Å². The number of aryl methyl sites for hydroxylation is 1. The molecule has 1 atom stereocenters. The second-order valence-electron chi connectivity index (χ2n) is 4.94. The fraction of sp³-hybridized carbons (Fsp3) is 0.312. The highest BCUT2D eigenvalue weighted by Gasteiger charge is 2.15. The first-order valence-electron chi connectivity index (χ1n) is 6.96. The number of thiophene rings is 1. The van der Waals surface area contributed by atoms with Crippen LogP contribution in [-0.2, 0) is 13.0 Å². The molecule has 104 valence electrons. The smallest absolute Gasteiger partial charge is 0.0522 e. The van der Waals surface area contributed by atoms with Crippen LogP contribution in [0.25, 0.3) is 10.1 Å². The van der Waals surface area contributed by atoms with Crippen LogP contribution >= 0.6 is 11.3 Å². The van der Waals surface area contributed by atoms with Crippen LogP contribution in [-0.4, -0.2) is 16.8 Å². The summed E-state index contributed by atoms with van der Waals surface area (Å²) in [6, 6.07) is 8.94. The van der Waals surface area contributed by atoms with Gasteiger partial charge in [0.1, 0.15) is 0 Å². The average Bonchev–Trinajstić information content (AvgIpc) is 3.11. The molecule has 1 aromatic carbocycles. The van der Waals surface area contributed by atoms with Crippen LogP contribution < -0.4 is 5.32 Å². The van der Waals surface area contributed by atoms with Crippen molar-refractivity contribution in [2.24, 2.45) is 0 Å².